The largest absolute Gasteiger partial charge is 0.490 e. The van der Waals surface area contributed by atoms with Gasteiger partial charge in [-0.05, 0) is 50.1 Å². The Balaban J connectivity index is 2.00. The Morgan fingerprint density at radius 3 is 2.37 bits per heavy atom. The van der Waals surface area contributed by atoms with E-state index in [1.165, 1.54) is 12.1 Å². The third-order valence-corrected chi connectivity index (χ3v) is 3.84. The van der Waals surface area contributed by atoms with Crippen molar-refractivity contribution in [2.45, 2.75) is 39.8 Å². The number of carbonyl (C=O) groups is 1. The molecule has 0 radical (unpaired) electrons. The summed E-state index contributed by atoms with van der Waals surface area (Å²) in [5.74, 6) is 0.591. The molecule has 27 heavy (non-hydrogen) atoms. The lowest BCUT2D eigenvalue weighted by Gasteiger charge is -2.18. The zero-order chi connectivity index (χ0) is 19.6. The molecule has 2 rings (SSSR count). The van der Waals surface area contributed by atoms with Crippen LogP contribution in [-0.2, 0) is 11.3 Å². The van der Waals surface area contributed by atoms with Crippen molar-refractivity contribution in [3.8, 4) is 17.2 Å². The Hall–Kier alpha value is -2.76. The van der Waals surface area contributed by atoms with E-state index in [-0.39, 0.29) is 11.7 Å². The van der Waals surface area contributed by atoms with Crippen molar-refractivity contribution in [3.63, 3.8) is 0 Å². The number of hydrogen-bond donors (Lipinski definition) is 1. The molecule has 0 aliphatic carbocycles. The van der Waals surface area contributed by atoms with Gasteiger partial charge in [0.15, 0.2) is 29.2 Å². The molecule has 0 bridgehead atoms. The first kappa shape index (κ1) is 20.6. The SMILES string of the molecule is CCOc1ccc(CNC(=O)[C@H](CC)Oc2ccccc2F)cc1OCC. The molecule has 0 aliphatic heterocycles. The highest BCUT2D eigenvalue weighted by Gasteiger charge is 2.19. The lowest BCUT2D eigenvalue weighted by Crippen LogP contribution is -2.37. The number of halogens is 1. The lowest BCUT2D eigenvalue weighted by atomic mass is 10.2. The normalized spacial score (nSPS) is 11.6. The molecule has 0 fully saturated rings. The third kappa shape index (κ3) is 5.88. The topological polar surface area (TPSA) is 56.8 Å². The van der Waals surface area contributed by atoms with Crippen molar-refractivity contribution in [1.29, 1.82) is 0 Å². The molecule has 146 valence electrons. The van der Waals surface area contributed by atoms with E-state index in [2.05, 4.69) is 5.32 Å². The summed E-state index contributed by atoms with van der Waals surface area (Å²) >= 11 is 0. The van der Waals surface area contributed by atoms with E-state index in [0.717, 1.165) is 5.56 Å². The first-order valence-corrected chi connectivity index (χ1v) is 9.16. The fourth-order valence-corrected chi connectivity index (χ4v) is 2.52. The number of carbonyl (C=O) groups excluding carboxylic acids is 1. The van der Waals surface area contributed by atoms with Crippen LogP contribution in [0.5, 0.6) is 17.2 Å². The molecule has 2 aromatic rings. The summed E-state index contributed by atoms with van der Waals surface area (Å²) in [6, 6.07) is 11.6. The van der Waals surface area contributed by atoms with Gasteiger partial charge in [0.2, 0.25) is 0 Å². The van der Waals surface area contributed by atoms with Gasteiger partial charge >= 0.3 is 0 Å². The van der Waals surface area contributed by atoms with E-state index in [1.807, 2.05) is 39.0 Å². The standard InChI is InChI=1S/C21H26FNO4/c1-4-17(27-18-10-8-7-9-16(18)22)21(24)23-14-15-11-12-19(25-5-2)20(13-15)26-6-3/h7-13,17H,4-6,14H2,1-3H3,(H,23,24)/t17-/m0/s1. The molecule has 2 aromatic carbocycles. The Bertz CT molecular complexity index is 751. The number of nitrogens with one attached hydrogen (secondary N) is 1. The van der Waals surface area contributed by atoms with Gasteiger partial charge in [-0.25, -0.2) is 4.39 Å². The second-order valence-corrected chi connectivity index (χ2v) is 5.81. The minimum atomic E-state index is -0.768. The molecule has 1 N–H and O–H groups in total. The molecule has 1 atom stereocenters. The van der Waals surface area contributed by atoms with Gasteiger partial charge < -0.3 is 19.5 Å². The molecular formula is C21H26FNO4. The number of benzene rings is 2. The maximum Gasteiger partial charge on any atom is 0.261 e. The van der Waals surface area contributed by atoms with Gasteiger partial charge in [-0.1, -0.05) is 25.1 Å². The van der Waals surface area contributed by atoms with Crippen LogP contribution in [0.2, 0.25) is 0 Å². The average Bonchev–Trinajstić information content (AvgIpc) is 2.67. The molecular weight excluding hydrogens is 349 g/mol. The molecule has 5 nitrogen and oxygen atoms in total. The number of rotatable bonds is 10. The zero-order valence-electron chi connectivity index (χ0n) is 16.0. The minimum absolute atomic E-state index is 0.0687. The van der Waals surface area contributed by atoms with Crippen LogP contribution in [0, 0.1) is 5.82 Å². The maximum atomic E-state index is 13.7. The molecule has 0 aromatic heterocycles. The number of amides is 1. The van der Waals surface area contributed by atoms with E-state index in [4.69, 9.17) is 14.2 Å². The second kappa shape index (κ2) is 10.4. The van der Waals surface area contributed by atoms with Gasteiger partial charge in [-0.15, -0.1) is 0 Å². The number of para-hydroxylation sites is 1. The Morgan fingerprint density at radius 2 is 1.70 bits per heavy atom. The monoisotopic (exact) mass is 375 g/mol. The molecule has 0 unspecified atom stereocenters. The zero-order valence-corrected chi connectivity index (χ0v) is 16.0. The van der Waals surface area contributed by atoms with Crippen LogP contribution in [0.1, 0.15) is 32.8 Å². The summed E-state index contributed by atoms with van der Waals surface area (Å²) in [5.41, 5.74) is 0.871. The fourth-order valence-electron chi connectivity index (χ4n) is 2.52. The van der Waals surface area contributed by atoms with Gasteiger partial charge in [-0.2, -0.15) is 0 Å². The Labute approximate surface area is 159 Å². The van der Waals surface area contributed by atoms with E-state index >= 15 is 0 Å². The average molecular weight is 375 g/mol. The smallest absolute Gasteiger partial charge is 0.261 e. The van der Waals surface area contributed by atoms with E-state index in [0.29, 0.717) is 37.7 Å². The van der Waals surface area contributed by atoms with Gasteiger partial charge in [0.05, 0.1) is 13.2 Å². The highest BCUT2D eigenvalue weighted by Crippen LogP contribution is 2.28. The summed E-state index contributed by atoms with van der Waals surface area (Å²) in [6.45, 7) is 6.99. The third-order valence-electron chi connectivity index (χ3n) is 3.84. The maximum absolute atomic E-state index is 13.7. The number of hydrogen-bond acceptors (Lipinski definition) is 4. The van der Waals surface area contributed by atoms with Crippen molar-refractivity contribution in [1.82, 2.24) is 5.32 Å². The van der Waals surface area contributed by atoms with Gasteiger partial charge in [0.25, 0.3) is 5.91 Å². The van der Waals surface area contributed by atoms with Crippen LogP contribution < -0.4 is 19.5 Å². The molecule has 0 spiro atoms. The predicted octanol–water partition coefficient (Wildman–Crippen LogP) is 4.10. The van der Waals surface area contributed by atoms with Crippen LogP contribution in [0.25, 0.3) is 0 Å². The summed E-state index contributed by atoms with van der Waals surface area (Å²) in [7, 11) is 0. The summed E-state index contributed by atoms with van der Waals surface area (Å²) in [4.78, 5) is 12.4. The quantitative estimate of drug-likeness (QED) is 0.679. The first-order valence-electron chi connectivity index (χ1n) is 9.16. The van der Waals surface area contributed by atoms with Crippen LogP contribution in [0.15, 0.2) is 42.5 Å². The van der Waals surface area contributed by atoms with Crippen LogP contribution in [-0.4, -0.2) is 25.2 Å². The molecule has 1 amide bonds. The lowest BCUT2D eigenvalue weighted by molar-refractivity contribution is -0.128. The molecule has 0 saturated heterocycles. The van der Waals surface area contributed by atoms with Crippen LogP contribution in [0.3, 0.4) is 0 Å². The highest BCUT2D eigenvalue weighted by atomic mass is 19.1. The first-order chi connectivity index (χ1) is 13.1. The van der Waals surface area contributed by atoms with Gasteiger partial charge in [0.1, 0.15) is 0 Å². The van der Waals surface area contributed by atoms with Crippen molar-refractivity contribution >= 4 is 5.91 Å². The number of ether oxygens (including phenoxy) is 3. The fraction of sp³-hybridized carbons (Fsp3) is 0.381. The van der Waals surface area contributed by atoms with E-state index in [9.17, 15) is 9.18 Å². The van der Waals surface area contributed by atoms with Gasteiger partial charge in [-0.3, -0.25) is 4.79 Å². The van der Waals surface area contributed by atoms with E-state index < -0.39 is 11.9 Å². The van der Waals surface area contributed by atoms with Crippen molar-refractivity contribution < 1.29 is 23.4 Å². The van der Waals surface area contributed by atoms with Crippen LogP contribution in [0.4, 0.5) is 4.39 Å². The Morgan fingerprint density at radius 1 is 1.00 bits per heavy atom. The molecule has 0 saturated carbocycles. The Kier molecular flexibility index (Phi) is 7.92. The highest BCUT2D eigenvalue weighted by molar-refractivity contribution is 5.81. The van der Waals surface area contributed by atoms with Gasteiger partial charge in [0, 0.05) is 6.54 Å². The second-order valence-electron chi connectivity index (χ2n) is 5.81. The summed E-state index contributed by atoms with van der Waals surface area (Å²) in [6.07, 6.45) is -0.343. The van der Waals surface area contributed by atoms with Crippen molar-refractivity contribution in [3.05, 3.63) is 53.8 Å². The minimum Gasteiger partial charge on any atom is -0.490 e. The van der Waals surface area contributed by atoms with Crippen LogP contribution >= 0.6 is 0 Å². The summed E-state index contributed by atoms with van der Waals surface area (Å²) in [5, 5.41) is 2.83. The van der Waals surface area contributed by atoms with E-state index in [1.54, 1.807) is 12.1 Å². The summed E-state index contributed by atoms with van der Waals surface area (Å²) < 4.78 is 30.4. The molecule has 0 heterocycles. The van der Waals surface area contributed by atoms with Crippen molar-refractivity contribution in [2.24, 2.45) is 0 Å². The predicted molar refractivity (Wildman–Crippen MR) is 102 cm³/mol. The molecule has 0 aliphatic rings. The van der Waals surface area contributed by atoms with Crippen molar-refractivity contribution in [2.75, 3.05) is 13.2 Å². The molecule has 6 heteroatoms.